The zero-order valence-electron chi connectivity index (χ0n) is 8.50. The Balaban J connectivity index is 3.40. The second-order valence-corrected chi connectivity index (χ2v) is 4.65. The van der Waals surface area contributed by atoms with Crippen LogP contribution in [0.2, 0.25) is 0 Å². The highest BCUT2D eigenvalue weighted by Crippen LogP contribution is 2.14. The van der Waals surface area contributed by atoms with Crippen molar-refractivity contribution in [2.75, 3.05) is 12.3 Å². The highest BCUT2D eigenvalue weighted by Gasteiger charge is 2.10. The van der Waals surface area contributed by atoms with Gasteiger partial charge in [0.25, 0.3) is 0 Å². The van der Waals surface area contributed by atoms with Gasteiger partial charge in [0.15, 0.2) is 0 Å². The number of nitrogens with one attached hydrogen (secondary N) is 1. The van der Waals surface area contributed by atoms with Crippen molar-refractivity contribution in [3.8, 4) is 0 Å². The van der Waals surface area contributed by atoms with Gasteiger partial charge in [-0.25, -0.2) is 0 Å². The normalized spacial score (nSPS) is 18.8. The minimum Gasteiger partial charge on any atom is -0.392 e. The standard InChI is InChI=1S/C9H21NOS/c1-5-10-7(2)6-12-9(4)8(3)11/h7-11H,5-6H2,1-4H3. The number of aliphatic hydroxyl groups excluding tert-OH is 1. The summed E-state index contributed by atoms with van der Waals surface area (Å²) in [5.41, 5.74) is 0. The first-order valence-electron chi connectivity index (χ1n) is 4.61. The Morgan fingerprint density at radius 2 is 1.92 bits per heavy atom. The molecule has 3 heteroatoms. The summed E-state index contributed by atoms with van der Waals surface area (Å²) >= 11 is 1.82. The van der Waals surface area contributed by atoms with Crippen LogP contribution >= 0.6 is 11.8 Å². The number of hydrogen-bond acceptors (Lipinski definition) is 3. The third-order valence-electron chi connectivity index (χ3n) is 1.84. The van der Waals surface area contributed by atoms with Crippen molar-refractivity contribution in [3.63, 3.8) is 0 Å². The van der Waals surface area contributed by atoms with Crippen molar-refractivity contribution in [2.45, 2.75) is 45.1 Å². The molecule has 0 radical (unpaired) electrons. The molecule has 2 nitrogen and oxygen atoms in total. The molecule has 0 amide bonds. The predicted octanol–water partition coefficient (Wildman–Crippen LogP) is 1.49. The Bertz CT molecular complexity index is 109. The van der Waals surface area contributed by atoms with E-state index in [9.17, 15) is 5.11 Å². The molecule has 0 rings (SSSR count). The Morgan fingerprint density at radius 3 is 2.33 bits per heavy atom. The highest BCUT2D eigenvalue weighted by atomic mass is 32.2. The lowest BCUT2D eigenvalue weighted by molar-refractivity contribution is 0.196. The quantitative estimate of drug-likeness (QED) is 0.667. The van der Waals surface area contributed by atoms with Gasteiger partial charge in [-0.3, -0.25) is 0 Å². The maximum absolute atomic E-state index is 9.22. The zero-order valence-corrected chi connectivity index (χ0v) is 9.32. The minimum atomic E-state index is -0.205. The molecule has 0 aromatic rings. The molecule has 0 aliphatic heterocycles. The highest BCUT2D eigenvalue weighted by molar-refractivity contribution is 7.99. The Labute approximate surface area is 80.1 Å². The Kier molecular flexibility index (Phi) is 6.90. The number of thioether (sulfide) groups is 1. The third-order valence-corrected chi connectivity index (χ3v) is 3.45. The van der Waals surface area contributed by atoms with E-state index in [1.54, 1.807) is 0 Å². The van der Waals surface area contributed by atoms with E-state index in [0.29, 0.717) is 11.3 Å². The van der Waals surface area contributed by atoms with Gasteiger partial charge >= 0.3 is 0 Å². The molecule has 0 saturated carbocycles. The van der Waals surface area contributed by atoms with Crippen LogP contribution in [0.1, 0.15) is 27.7 Å². The monoisotopic (exact) mass is 191 g/mol. The number of rotatable bonds is 6. The van der Waals surface area contributed by atoms with Crippen LogP contribution in [-0.4, -0.2) is 34.8 Å². The first kappa shape index (κ1) is 12.3. The molecule has 12 heavy (non-hydrogen) atoms. The molecule has 74 valence electrons. The van der Waals surface area contributed by atoms with Crippen LogP contribution in [0.5, 0.6) is 0 Å². The molecule has 0 aromatic carbocycles. The molecular formula is C9H21NOS. The average molecular weight is 191 g/mol. The van der Waals surface area contributed by atoms with E-state index >= 15 is 0 Å². The van der Waals surface area contributed by atoms with E-state index in [1.165, 1.54) is 0 Å². The van der Waals surface area contributed by atoms with Gasteiger partial charge in [-0.15, -0.1) is 0 Å². The molecule has 0 aromatic heterocycles. The van der Waals surface area contributed by atoms with Crippen LogP contribution in [0.3, 0.4) is 0 Å². The minimum absolute atomic E-state index is 0.205. The molecule has 0 aliphatic carbocycles. The van der Waals surface area contributed by atoms with Crippen molar-refractivity contribution in [1.82, 2.24) is 5.32 Å². The van der Waals surface area contributed by atoms with Gasteiger partial charge in [0.05, 0.1) is 6.10 Å². The van der Waals surface area contributed by atoms with Gasteiger partial charge in [0.2, 0.25) is 0 Å². The largest absolute Gasteiger partial charge is 0.392 e. The first-order chi connectivity index (χ1) is 5.57. The molecule has 3 atom stereocenters. The Morgan fingerprint density at radius 1 is 1.33 bits per heavy atom. The van der Waals surface area contributed by atoms with E-state index in [0.717, 1.165) is 12.3 Å². The number of hydrogen-bond donors (Lipinski definition) is 2. The van der Waals surface area contributed by atoms with E-state index in [1.807, 2.05) is 18.7 Å². The van der Waals surface area contributed by atoms with Crippen LogP contribution in [0, 0.1) is 0 Å². The summed E-state index contributed by atoms with van der Waals surface area (Å²) in [4.78, 5) is 0. The van der Waals surface area contributed by atoms with Gasteiger partial charge in [-0.05, 0) is 20.4 Å². The fourth-order valence-corrected chi connectivity index (χ4v) is 1.83. The molecule has 0 fully saturated rings. The van der Waals surface area contributed by atoms with Crippen LogP contribution in [0.15, 0.2) is 0 Å². The van der Waals surface area contributed by atoms with E-state index in [2.05, 4.69) is 26.1 Å². The molecule has 0 saturated heterocycles. The fraction of sp³-hybridized carbons (Fsp3) is 1.00. The second kappa shape index (κ2) is 6.75. The Hall–Kier alpha value is 0.270. The summed E-state index contributed by atoms with van der Waals surface area (Å²) in [5.74, 6) is 1.07. The summed E-state index contributed by atoms with van der Waals surface area (Å²) in [6.45, 7) is 9.21. The lowest BCUT2D eigenvalue weighted by Gasteiger charge is -2.17. The van der Waals surface area contributed by atoms with Crippen molar-refractivity contribution in [3.05, 3.63) is 0 Å². The van der Waals surface area contributed by atoms with E-state index in [4.69, 9.17) is 0 Å². The number of aliphatic hydroxyl groups is 1. The van der Waals surface area contributed by atoms with Crippen LogP contribution in [-0.2, 0) is 0 Å². The van der Waals surface area contributed by atoms with Gasteiger partial charge in [0.1, 0.15) is 0 Å². The lowest BCUT2D eigenvalue weighted by Crippen LogP contribution is -2.29. The zero-order chi connectivity index (χ0) is 9.56. The molecule has 0 aliphatic rings. The predicted molar refractivity (Wildman–Crippen MR) is 56.7 cm³/mol. The average Bonchev–Trinajstić information content (AvgIpc) is 2.00. The first-order valence-corrected chi connectivity index (χ1v) is 5.65. The molecule has 0 heterocycles. The fourth-order valence-electron chi connectivity index (χ4n) is 0.843. The molecule has 2 N–H and O–H groups in total. The van der Waals surface area contributed by atoms with Gasteiger partial charge in [-0.2, -0.15) is 11.8 Å². The van der Waals surface area contributed by atoms with Gasteiger partial charge < -0.3 is 10.4 Å². The third kappa shape index (κ3) is 5.86. The molecule has 0 bridgehead atoms. The molecular weight excluding hydrogens is 170 g/mol. The summed E-state index contributed by atoms with van der Waals surface area (Å²) in [6.07, 6.45) is -0.205. The topological polar surface area (TPSA) is 32.3 Å². The summed E-state index contributed by atoms with van der Waals surface area (Å²) in [6, 6.07) is 0.543. The van der Waals surface area contributed by atoms with Crippen molar-refractivity contribution in [1.29, 1.82) is 0 Å². The SMILES string of the molecule is CCNC(C)CSC(C)C(C)O. The van der Waals surface area contributed by atoms with Crippen molar-refractivity contribution < 1.29 is 5.11 Å². The van der Waals surface area contributed by atoms with Crippen LogP contribution in [0.25, 0.3) is 0 Å². The van der Waals surface area contributed by atoms with E-state index < -0.39 is 0 Å². The smallest absolute Gasteiger partial charge is 0.0628 e. The van der Waals surface area contributed by atoms with Crippen molar-refractivity contribution >= 4 is 11.8 Å². The van der Waals surface area contributed by atoms with E-state index in [-0.39, 0.29) is 6.10 Å². The van der Waals surface area contributed by atoms with Crippen LogP contribution < -0.4 is 5.32 Å². The van der Waals surface area contributed by atoms with Gasteiger partial charge in [0, 0.05) is 17.0 Å². The van der Waals surface area contributed by atoms with Crippen molar-refractivity contribution in [2.24, 2.45) is 0 Å². The summed E-state index contributed by atoms with van der Waals surface area (Å²) in [5, 5.41) is 12.9. The molecule has 0 spiro atoms. The maximum atomic E-state index is 9.22. The summed E-state index contributed by atoms with van der Waals surface area (Å²) < 4.78 is 0. The lowest BCUT2D eigenvalue weighted by atomic mass is 10.3. The maximum Gasteiger partial charge on any atom is 0.0628 e. The van der Waals surface area contributed by atoms with Gasteiger partial charge in [-0.1, -0.05) is 13.8 Å². The second-order valence-electron chi connectivity index (χ2n) is 3.24. The molecule has 3 unspecified atom stereocenters. The summed E-state index contributed by atoms with van der Waals surface area (Å²) in [7, 11) is 0. The van der Waals surface area contributed by atoms with Crippen LogP contribution in [0.4, 0.5) is 0 Å².